The van der Waals surface area contributed by atoms with Gasteiger partial charge in [0.25, 0.3) is 5.91 Å². The monoisotopic (exact) mass is 269 g/mol. The van der Waals surface area contributed by atoms with Gasteiger partial charge in [0.15, 0.2) is 0 Å². The highest BCUT2D eigenvalue weighted by atomic mass is 16.2. The lowest BCUT2D eigenvalue weighted by atomic mass is 10.1. The summed E-state index contributed by atoms with van der Waals surface area (Å²) in [7, 11) is 0. The van der Waals surface area contributed by atoms with Crippen LogP contribution in [0.1, 0.15) is 23.3 Å². The van der Waals surface area contributed by atoms with E-state index >= 15 is 0 Å². The largest absolute Gasteiger partial charge is 0.368 e. The van der Waals surface area contributed by atoms with Crippen LogP contribution in [0.25, 0.3) is 0 Å². The summed E-state index contributed by atoms with van der Waals surface area (Å²) in [5, 5.41) is 0. The number of amides is 1. The van der Waals surface area contributed by atoms with Crippen molar-refractivity contribution in [3.05, 3.63) is 54.0 Å². The van der Waals surface area contributed by atoms with Crippen LogP contribution in [0.15, 0.2) is 48.3 Å². The number of hydrogen-bond donors (Lipinski definition) is 0. The molecule has 0 saturated carbocycles. The number of carbonyl (C=O) groups excluding carboxylic acids is 1. The maximum atomic E-state index is 12.3. The molecule has 1 saturated heterocycles. The molecule has 0 spiro atoms. The first-order valence-corrected chi connectivity index (χ1v) is 7.16. The zero-order chi connectivity index (χ0) is 13.8. The molecule has 104 valence electrons. The van der Waals surface area contributed by atoms with Gasteiger partial charge in [-0.15, -0.1) is 0 Å². The van der Waals surface area contributed by atoms with E-state index in [0.29, 0.717) is 5.69 Å². The minimum Gasteiger partial charge on any atom is -0.368 e. The van der Waals surface area contributed by atoms with E-state index in [1.54, 1.807) is 12.3 Å². The molecule has 1 aliphatic heterocycles. The molecule has 2 heterocycles. The molecule has 4 heteroatoms. The van der Waals surface area contributed by atoms with E-state index in [0.717, 1.165) is 39.0 Å². The smallest absolute Gasteiger partial charge is 0.272 e. The molecule has 0 bridgehead atoms. The molecule has 0 aromatic carbocycles. The molecule has 1 amide bonds. The van der Waals surface area contributed by atoms with E-state index in [9.17, 15) is 4.79 Å². The molecule has 0 radical (unpaired) electrons. The quantitative estimate of drug-likeness (QED) is 0.824. The molecule has 2 aliphatic rings. The first kappa shape index (κ1) is 12.9. The Morgan fingerprint density at radius 3 is 2.60 bits per heavy atom. The van der Waals surface area contributed by atoms with Crippen LogP contribution >= 0.6 is 0 Å². The summed E-state index contributed by atoms with van der Waals surface area (Å²) in [5.41, 5.74) is 1.85. The van der Waals surface area contributed by atoms with Gasteiger partial charge in [-0.1, -0.05) is 18.2 Å². The van der Waals surface area contributed by atoms with Gasteiger partial charge < -0.3 is 9.80 Å². The molecule has 3 rings (SSSR count). The van der Waals surface area contributed by atoms with Crippen molar-refractivity contribution in [2.24, 2.45) is 0 Å². The van der Waals surface area contributed by atoms with E-state index < -0.39 is 0 Å². The van der Waals surface area contributed by atoms with Crippen molar-refractivity contribution in [2.75, 3.05) is 26.2 Å². The van der Waals surface area contributed by atoms with Crippen molar-refractivity contribution in [3.8, 4) is 0 Å². The van der Waals surface area contributed by atoms with Crippen LogP contribution in [0, 0.1) is 0 Å². The molecular weight excluding hydrogens is 250 g/mol. The number of piperazine rings is 1. The normalized spacial score (nSPS) is 18.9. The van der Waals surface area contributed by atoms with Crippen LogP contribution in [-0.2, 0) is 0 Å². The minimum absolute atomic E-state index is 0.0402. The SMILES string of the molecule is O=C(c1ccccn1)N1CCN(C2=CCCC=C2)CC1. The van der Waals surface area contributed by atoms with Gasteiger partial charge in [-0.25, -0.2) is 0 Å². The number of pyridine rings is 1. The molecule has 0 atom stereocenters. The third-order valence-electron chi connectivity index (χ3n) is 3.79. The van der Waals surface area contributed by atoms with E-state index in [2.05, 4.69) is 28.1 Å². The molecule has 1 aliphatic carbocycles. The van der Waals surface area contributed by atoms with Crippen LogP contribution < -0.4 is 0 Å². The van der Waals surface area contributed by atoms with Crippen molar-refractivity contribution in [1.82, 2.24) is 14.8 Å². The predicted molar refractivity (Wildman–Crippen MR) is 78.2 cm³/mol. The molecule has 20 heavy (non-hydrogen) atoms. The molecular formula is C16H19N3O. The van der Waals surface area contributed by atoms with Gasteiger partial charge in [0.1, 0.15) is 5.69 Å². The summed E-state index contributed by atoms with van der Waals surface area (Å²) >= 11 is 0. The maximum absolute atomic E-state index is 12.3. The summed E-state index contributed by atoms with van der Waals surface area (Å²) in [6, 6.07) is 5.46. The highest BCUT2D eigenvalue weighted by Gasteiger charge is 2.23. The van der Waals surface area contributed by atoms with Gasteiger partial charge in [0, 0.05) is 38.1 Å². The Labute approximate surface area is 119 Å². The second-order valence-corrected chi connectivity index (χ2v) is 5.10. The van der Waals surface area contributed by atoms with Gasteiger partial charge in [-0.3, -0.25) is 9.78 Å². The first-order chi connectivity index (χ1) is 9.84. The fourth-order valence-electron chi connectivity index (χ4n) is 2.65. The van der Waals surface area contributed by atoms with E-state index in [4.69, 9.17) is 0 Å². The van der Waals surface area contributed by atoms with Crippen LogP contribution in [0.3, 0.4) is 0 Å². The Hall–Kier alpha value is -2.10. The lowest BCUT2D eigenvalue weighted by Crippen LogP contribution is -2.48. The van der Waals surface area contributed by atoms with Crippen molar-refractivity contribution in [3.63, 3.8) is 0 Å². The first-order valence-electron chi connectivity index (χ1n) is 7.16. The Bertz CT molecular complexity index is 528. The van der Waals surface area contributed by atoms with Crippen molar-refractivity contribution < 1.29 is 4.79 Å². The molecule has 1 fully saturated rings. The van der Waals surface area contributed by atoms with E-state index in [1.165, 1.54) is 5.70 Å². The highest BCUT2D eigenvalue weighted by Crippen LogP contribution is 2.17. The molecule has 1 aromatic rings. The van der Waals surface area contributed by atoms with Crippen LogP contribution in [0.5, 0.6) is 0 Å². The van der Waals surface area contributed by atoms with Crippen molar-refractivity contribution in [2.45, 2.75) is 12.8 Å². The van der Waals surface area contributed by atoms with Gasteiger partial charge in [0.05, 0.1) is 0 Å². The number of allylic oxidation sites excluding steroid dienone is 3. The van der Waals surface area contributed by atoms with Crippen LogP contribution in [0.4, 0.5) is 0 Å². The Morgan fingerprint density at radius 1 is 1.10 bits per heavy atom. The number of nitrogens with zero attached hydrogens (tertiary/aromatic N) is 3. The van der Waals surface area contributed by atoms with E-state index in [-0.39, 0.29) is 5.91 Å². The molecule has 0 unspecified atom stereocenters. The van der Waals surface area contributed by atoms with Gasteiger partial charge in [0.2, 0.25) is 0 Å². The van der Waals surface area contributed by atoms with Crippen LogP contribution in [0.2, 0.25) is 0 Å². The van der Waals surface area contributed by atoms with Crippen LogP contribution in [-0.4, -0.2) is 46.9 Å². The Kier molecular flexibility index (Phi) is 3.81. The summed E-state index contributed by atoms with van der Waals surface area (Å²) in [4.78, 5) is 20.7. The van der Waals surface area contributed by atoms with Gasteiger partial charge >= 0.3 is 0 Å². The number of carbonyl (C=O) groups is 1. The molecule has 0 N–H and O–H groups in total. The Balaban J connectivity index is 1.60. The molecule has 1 aromatic heterocycles. The van der Waals surface area contributed by atoms with Crippen molar-refractivity contribution in [1.29, 1.82) is 0 Å². The van der Waals surface area contributed by atoms with Crippen molar-refractivity contribution >= 4 is 5.91 Å². The lowest BCUT2D eigenvalue weighted by molar-refractivity contribution is 0.0666. The summed E-state index contributed by atoms with van der Waals surface area (Å²) in [6.07, 6.45) is 10.6. The summed E-state index contributed by atoms with van der Waals surface area (Å²) < 4.78 is 0. The topological polar surface area (TPSA) is 36.4 Å². The summed E-state index contributed by atoms with van der Waals surface area (Å²) in [5.74, 6) is 0.0402. The minimum atomic E-state index is 0.0402. The van der Waals surface area contributed by atoms with Gasteiger partial charge in [-0.05, 0) is 31.1 Å². The number of aromatic nitrogens is 1. The predicted octanol–water partition coefficient (Wildman–Crippen LogP) is 2.07. The average molecular weight is 269 g/mol. The number of hydrogen-bond acceptors (Lipinski definition) is 3. The van der Waals surface area contributed by atoms with Gasteiger partial charge in [-0.2, -0.15) is 0 Å². The standard InChI is InChI=1S/C16H19N3O/c20-16(15-8-4-5-9-17-15)19-12-10-18(11-13-19)14-6-2-1-3-7-14/h2,4-9H,1,3,10-13H2. The fraction of sp³-hybridized carbons (Fsp3) is 0.375. The Morgan fingerprint density at radius 2 is 1.95 bits per heavy atom. The fourth-order valence-corrected chi connectivity index (χ4v) is 2.65. The number of rotatable bonds is 2. The molecule has 4 nitrogen and oxygen atoms in total. The average Bonchev–Trinajstić information content (AvgIpc) is 2.56. The second kappa shape index (κ2) is 5.90. The highest BCUT2D eigenvalue weighted by molar-refractivity contribution is 5.92. The lowest BCUT2D eigenvalue weighted by Gasteiger charge is -2.37. The zero-order valence-corrected chi connectivity index (χ0v) is 11.5. The maximum Gasteiger partial charge on any atom is 0.272 e. The summed E-state index contributed by atoms with van der Waals surface area (Å²) in [6.45, 7) is 3.32. The second-order valence-electron chi connectivity index (χ2n) is 5.10. The zero-order valence-electron chi connectivity index (χ0n) is 11.5. The van der Waals surface area contributed by atoms with E-state index in [1.807, 2.05) is 17.0 Å². The third-order valence-corrected chi connectivity index (χ3v) is 3.79. The third kappa shape index (κ3) is 2.74.